The first-order chi connectivity index (χ1) is 10.1. The lowest BCUT2D eigenvalue weighted by Gasteiger charge is -2.05. The van der Waals surface area contributed by atoms with Gasteiger partial charge in [-0.1, -0.05) is 31.5 Å². The van der Waals surface area contributed by atoms with Crippen LogP contribution in [0.4, 0.5) is 5.88 Å². The van der Waals surface area contributed by atoms with E-state index in [1.165, 1.54) is 0 Å². The van der Waals surface area contributed by atoms with Crippen molar-refractivity contribution in [2.45, 2.75) is 20.5 Å². The zero-order chi connectivity index (χ0) is 15.2. The highest BCUT2D eigenvalue weighted by Crippen LogP contribution is 2.21. The third-order valence-corrected chi connectivity index (χ3v) is 2.84. The van der Waals surface area contributed by atoms with E-state index in [2.05, 4.69) is 24.1 Å². The van der Waals surface area contributed by atoms with Crippen molar-refractivity contribution in [3.8, 4) is 11.8 Å². The lowest BCUT2D eigenvalue weighted by molar-refractivity contribution is 0.264. The van der Waals surface area contributed by atoms with Gasteiger partial charge >= 0.3 is 0 Å². The fraction of sp³-hybridized carbons (Fsp3) is 0.333. The van der Waals surface area contributed by atoms with Gasteiger partial charge in [-0.25, -0.2) is 0 Å². The van der Waals surface area contributed by atoms with E-state index in [1.54, 1.807) is 24.3 Å². The number of benzene rings is 1. The predicted octanol–water partition coefficient (Wildman–Crippen LogP) is 3.85. The number of oxazole rings is 1. The van der Waals surface area contributed by atoms with Crippen LogP contribution < -0.4 is 10.1 Å². The first kappa shape index (κ1) is 15.2. The van der Waals surface area contributed by atoms with Crippen LogP contribution in [0.5, 0.6) is 5.75 Å². The molecule has 0 aliphatic rings. The molecule has 0 fully saturated rings. The van der Waals surface area contributed by atoms with Gasteiger partial charge in [0.15, 0.2) is 6.61 Å². The van der Waals surface area contributed by atoms with Crippen LogP contribution in [-0.2, 0) is 6.61 Å². The minimum Gasteiger partial charge on any atom is -0.484 e. The van der Waals surface area contributed by atoms with Crippen molar-refractivity contribution in [2.24, 2.45) is 5.92 Å². The maximum atomic E-state index is 9.05. The highest BCUT2D eigenvalue weighted by molar-refractivity contribution is 6.30. The van der Waals surface area contributed by atoms with Crippen LogP contribution >= 0.6 is 11.6 Å². The molecule has 6 heteroatoms. The fourth-order valence-corrected chi connectivity index (χ4v) is 1.80. The minimum atomic E-state index is 0.137. The normalized spacial score (nSPS) is 10.4. The van der Waals surface area contributed by atoms with Gasteiger partial charge in [0.2, 0.25) is 17.5 Å². The lowest BCUT2D eigenvalue weighted by atomic mass is 10.2. The average Bonchev–Trinajstić information content (AvgIpc) is 2.85. The Labute approximate surface area is 128 Å². The lowest BCUT2D eigenvalue weighted by Crippen LogP contribution is -2.08. The van der Waals surface area contributed by atoms with Crippen LogP contribution in [0.1, 0.15) is 25.4 Å². The zero-order valence-corrected chi connectivity index (χ0v) is 12.6. The molecule has 0 saturated carbocycles. The molecule has 1 heterocycles. The molecule has 21 heavy (non-hydrogen) atoms. The smallest absolute Gasteiger partial charge is 0.236 e. The summed E-state index contributed by atoms with van der Waals surface area (Å²) in [7, 11) is 0. The molecule has 0 spiro atoms. The molecule has 1 aromatic heterocycles. The number of nitrogens with one attached hydrogen (secondary N) is 1. The molecule has 0 radical (unpaired) electrons. The van der Waals surface area contributed by atoms with E-state index in [-0.39, 0.29) is 12.3 Å². The third kappa shape index (κ3) is 4.40. The van der Waals surface area contributed by atoms with Crippen molar-refractivity contribution < 1.29 is 9.15 Å². The second-order valence-electron chi connectivity index (χ2n) is 4.92. The molecule has 0 aliphatic carbocycles. The number of halogens is 1. The Bertz CT molecular complexity index is 647. The number of rotatable bonds is 6. The summed E-state index contributed by atoms with van der Waals surface area (Å²) in [4.78, 5) is 4.10. The molecule has 2 aromatic rings. The van der Waals surface area contributed by atoms with Crippen LogP contribution in [-0.4, -0.2) is 11.5 Å². The van der Waals surface area contributed by atoms with E-state index in [4.69, 9.17) is 26.0 Å². The highest BCUT2D eigenvalue weighted by atomic mass is 35.5. The maximum Gasteiger partial charge on any atom is 0.236 e. The van der Waals surface area contributed by atoms with Crippen molar-refractivity contribution >= 4 is 17.5 Å². The number of hydrogen-bond donors (Lipinski definition) is 1. The summed E-state index contributed by atoms with van der Waals surface area (Å²) in [6.45, 7) is 4.98. The van der Waals surface area contributed by atoms with Crippen LogP contribution in [0.15, 0.2) is 28.7 Å². The molecular weight excluding hydrogens is 290 g/mol. The standard InChI is InChI=1S/C15H16ClN3O2/c1-10(2)8-18-15-13(7-17)19-14(21-15)9-20-12-5-3-4-11(16)6-12/h3-6,10,18H,8-9H2,1-2H3. The van der Waals surface area contributed by atoms with Crippen molar-refractivity contribution in [1.82, 2.24) is 4.98 Å². The summed E-state index contributed by atoms with van der Waals surface area (Å²) >= 11 is 5.88. The third-order valence-electron chi connectivity index (χ3n) is 2.61. The largest absolute Gasteiger partial charge is 0.484 e. The van der Waals surface area contributed by atoms with Gasteiger partial charge in [0.25, 0.3) is 0 Å². The number of nitriles is 1. The zero-order valence-electron chi connectivity index (χ0n) is 11.9. The molecule has 0 amide bonds. The van der Waals surface area contributed by atoms with E-state index in [0.29, 0.717) is 35.0 Å². The Balaban J connectivity index is 2.02. The van der Waals surface area contributed by atoms with Gasteiger partial charge in [-0.3, -0.25) is 0 Å². The first-order valence-corrected chi connectivity index (χ1v) is 6.98. The Morgan fingerprint density at radius 2 is 2.29 bits per heavy atom. The molecule has 0 bridgehead atoms. The van der Waals surface area contributed by atoms with Crippen molar-refractivity contribution in [2.75, 3.05) is 11.9 Å². The molecule has 5 nitrogen and oxygen atoms in total. The molecular formula is C15H16ClN3O2. The molecule has 1 N–H and O–H groups in total. The van der Waals surface area contributed by atoms with E-state index in [9.17, 15) is 0 Å². The molecule has 0 saturated heterocycles. The van der Waals surface area contributed by atoms with E-state index in [1.807, 2.05) is 6.07 Å². The van der Waals surface area contributed by atoms with Crippen LogP contribution in [0.2, 0.25) is 5.02 Å². The Kier molecular flexibility index (Phi) is 5.07. The van der Waals surface area contributed by atoms with Gasteiger partial charge in [0.05, 0.1) is 0 Å². The summed E-state index contributed by atoms with van der Waals surface area (Å²) in [5.41, 5.74) is 0.236. The SMILES string of the molecule is CC(C)CNc1oc(COc2cccc(Cl)c2)nc1C#N. The van der Waals surface area contributed by atoms with Crippen LogP contribution in [0, 0.1) is 17.2 Å². The molecule has 0 unspecified atom stereocenters. The van der Waals surface area contributed by atoms with E-state index < -0.39 is 0 Å². The molecule has 2 rings (SSSR count). The predicted molar refractivity (Wildman–Crippen MR) is 80.3 cm³/mol. The van der Waals surface area contributed by atoms with E-state index in [0.717, 1.165) is 0 Å². The average molecular weight is 306 g/mol. The molecule has 0 atom stereocenters. The van der Waals surface area contributed by atoms with Crippen LogP contribution in [0.3, 0.4) is 0 Å². The van der Waals surface area contributed by atoms with Crippen LogP contribution in [0.25, 0.3) is 0 Å². The number of ether oxygens (including phenoxy) is 1. The fourth-order valence-electron chi connectivity index (χ4n) is 1.62. The highest BCUT2D eigenvalue weighted by Gasteiger charge is 2.13. The second-order valence-corrected chi connectivity index (χ2v) is 5.35. The monoisotopic (exact) mass is 305 g/mol. The van der Waals surface area contributed by atoms with Crippen molar-refractivity contribution in [3.05, 3.63) is 40.9 Å². The van der Waals surface area contributed by atoms with Gasteiger partial charge < -0.3 is 14.5 Å². The van der Waals surface area contributed by atoms with E-state index >= 15 is 0 Å². The maximum absolute atomic E-state index is 9.05. The van der Waals surface area contributed by atoms with Crippen molar-refractivity contribution in [3.63, 3.8) is 0 Å². The Morgan fingerprint density at radius 3 is 2.95 bits per heavy atom. The van der Waals surface area contributed by atoms with Gasteiger partial charge in [-0.2, -0.15) is 10.2 Å². The second kappa shape index (κ2) is 7.00. The first-order valence-electron chi connectivity index (χ1n) is 6.60. The minimum absolute atomic E-state index is 0.137. The van der Waals surface area contributed by atoms with Gasteiger partial charge in [-0.05, 0) is 24.1 Å². The number of anilines is 1. The molecule has 110 valence electrons. The molecule has 0 aliphatic heterocycles. The Hall–Kier alpha value is -2.19. The Morgan fingerprint density at radius 1 is 1.48 bits per heavy atom. The van der Waals surface area contributed by atoms with Crippen molar-refractivity contribution in [1.29, 1.82) is 5.26 Å². The van der Waals surface area contributed by atoms with Gasteiger partial charge in [0.1, 0.15) is 11.8 Å². The summed E-state index contributed by atoms with van der Waals surface area (Å²) in [5.74, 6) is 1.79. The quantitative estimate of drug-likeness (QED) is 0.877. The number of aromatic nitrogens is 1. The summed E-state index contributed by atoms with van der Waals surface area (Å²) < 4.78 is 11.0. The summed E-state index contributed by atoms with van der Waals surface area (Å²) in [6, 6.07) is 9.05. The summed E-state index contributed by atoms with van der Waals surface area (Å²) in [6.07, 6.45) is 0. The topological polar surface area (TPSA) is 71.1 Å². The summed E-state index contributed by atoms with van der Waals surface area (Å²) in [5, 5.41) is 12.7. The number of hydrogen-bond acceptors (Lipinski definition) is 5. The van der Waals surface area contributed by atoms with Gasteiger partial charge in [-0.15, -0.1) is 0 Å². The number of nitrogens with zero attached hydrogens (tertiary/aromatic N) is 2. The van der Waals surface area contributed by atoms with Gasteiger partial charge in [0, 0.05) is 11.6 Å². The molecule has 1 aromatic carbocycles.